The van der Waals surface area contributed by atoms with E-state index in [0.29, 0.717) is 25.9 Å². The molecule has 1 aliphatic rings. The van der Waals surface area contributed by atoms with Crippen molar-refractivity contribution in [2.45, 2.75) is 84.2 Å². The third-order valence-corrected chi connectivity index (χ3v) is 9.08. The van der Waals surface area contributed by atoms with Crippen molar-refractivity contribution in [2.24, 2.45) is 16.2 Å². The average molecular weight is 835 g/mol. The third kappa shape index (κ3) is 20.7. The molecule has 0 aromatic carbocycles. The molecule has 2 amide bonds. The number of nitrogens with one attached hydrogen (secondary N) is 2. The van der Waals surface area contributed by atoms with Crippen molar-refractivity contribution >= 4 is 42.0 Å². The van der Waals surface area contributed by atoms with Crippen molar-refractivity contribution in [3.05, 3.63) is 63.3 Å². The van der Waals surface area contributed by atoms with Crippen LogP contribution in [0.2, 0.25) is 0 Å². The smallest absolute Gasteiger partial charge is 0.407 e. The maximum Gasteiger partial charge on any atom is 0.407 e. The predicted molar refractivity (Wildman–Crippen MR) is 214 cm³/mol. The van der Waals surface area contributed by atoms with E-state index in [2.05, 4.69) is 50.5 Å². The quantitative estimate of drug-likeness (QED) is 0.0459. The topological polar surface area (TPSA) is 217 Å². The van der Waals surface area contributed by atoms with Crippen LogP contribution in [0.3, 0.4) is 0 Å². The number of carbonyl (C=O) groups excluding carboxylic acids is 7. The molecule has 0 aromatic rings. The number of alkyl carbamates (subject to hydrolysis) is 2. The standard InChI is InChI=1S/C42H62N2O15/c1-10-16-17-18-19-53-37(50)43-31-20-39(7,8)22-40(9,21-31)44-38(51)59-30-42(28-57-35(48)14-5,29-58-36(49)15-6)24-52-23-41(25-54-32(45)11-2,26-55-33(46)12-3)27-56-34(47)13-4/h11-15,31H,2-6,10,16-30H2,1,7-9H3,(H,43,50)(H,44,51). The Balaban J connectivity index is 3.39. The van der Waals surface area contributed by atoms with E-state index in [0.717, 1.165) is 56.1 Å². The lowest BCUT2D eigenvalue weighted by Gasteiger charge is -2.46. The lowest BCUT2D eigenvalue weighted by atomic mass is 9.67. The third-order valence-electron chi connectivity index (χ3n) is 9.08. The second kappa shape index (κ2) is 25.8. The van der Waals surface area contributed by atoms with Gasteiger partial charge in [-0.05, 0) is 38.0 Å². The minimum Gasteiger partial charge on any atom is -0.462 e. The van der Waals surface area contributed by atoms with E-state index < -0.39 is 111 Å². The van der Waals surface area contributed by atoms with Crippen molar-refractivity contribution in [2.75, 3.05) is 59.5 Å². The van der Waals surface area contributed by atoms with Crippen LogP contribution >= 0.6 is 0 Å². The van der Waals surface area contributed by atoms with Crippen LogP contribution in [-0.4, -0.2) is 113 Å². The van der Waals surface area contributed by atoms with E-state index in [1.807, 2.05) is 20.8 Å². The minimum absolute atomic E-state index is 0.300. The summed E-state index contributed by atoms with van der Waals surface area (Å²) < 4.78 is 43.6. The summed E-state index contributed by atoms with van der Waals surface area (Å²) in [5.41, 5.74) is -4.34. The Morgan fingerprint density at radius 3 is 1.36 bits per heavy atom. The van der Waals surface area contributed by atoms with Crippen LogP contribution in [0.1, 0.15) is 72.6 Å². The van der Waals surface area contributed by atoms with Gasteiger partial charge in [0.05, 0.1) is 30.7 Å². The summed E-state index contributed by atoms with van der Waals surface area (Å²) >= 11 is 0. The molecule has 0 spiro atoms. The van der Waals surface area contributed by atoms with E-state index >= 15 is 0 Å². The van der Waals surface area contributed by atoms with Crippen molar-refractivity contribution < 1.29 is 71.5 Å². The zero-order chi connectivity index (χ0) is 44.5. The predicted octanol–water partition coefficient (Wildman–Crippen LogP) is 4.99. The van der Waals surface area contributed by atoms with Gasteiger partial charge in [0, 0.05) is 42.0 Å². The van der Waals surface area contributed by atoms with Gasteiger partial charge >= 0.3 is 42.0 Å². The van der Waals surface area contributed by atoms with Gasteiger partial charge < -0.3 is 48.5 Å². The number of carbonyl (C=O) groups is 7. The van der Waals surface area contributed by atoms with Gasteiger partial charge in [0.25, 0.3) is 0 Å². The molecule has 1 aliphatic carbocycles. The first-order chi connectivity index (χ1) is 27.8. The van der Waals surface area contributed by atoms with Crippen molar-refractivity contribution in [1.82, 2.24) is 10.6 Å². The monoisotopic (exact) mass is 834 g/mol. The van der Waals surface area contributed by atoms with Crippen molar-refractivity contribution in [3.63, 3.8) is 0 Å². The first-order valence-electron chi connectivity index (χ1n) is 19.2. The summed E-state index contributed by atoms with van der Waals surface area (Å²) in [4.78, 5) is 87.1. The summed E-state index contributed by atoms with van der Waals surface area (Å²) in [6, 6.07) is -0.334. The Morgan fingerprint density at radius 2 is 0.966 bits per heavy atom. The Labute approximate surface area is 346 Å². The summed E-state index contributed by atoms with van der Waals surface area (Å²) in [5, 5.41) is 5.84. The summed E-state index contributed by atoms with van der Waals surface area (Å²) in [5.74, 6) is -4.27. The van der Waals surface area contributed by atoms with Gasteiger partial charge in [-0.2, -0.15) is 0 Å². The molecule has 0 heterocycles. The summed E-state index contributed by atoms with van der Waals surface area (Å²) in [6.07, 6.45) is 8.38. The molecule has 2 unspecified atom stereocenters. The maximum atomic E-state index is 13.6. The fourth-order valence-electron chi connectivity index (χ4n) is 6.48. The first-order valence-corrected chi connectivity index (χ1v) is 19.2. The number of rotatable bonds is 28. The lowest BCUT2D eigenvalue weighted by Crippen LogP contribution is -2.58. The van der Waals surface area contributed by atoms with Crippen LogP contribution in [-0.2, 0) is 61.9 Å². The molecule has 2 N–H and O–H groups in total. The zero-order valence-corrected chi connectivity index (χ0v) is 34.9. The van der Waals surface area contributed by atoms with Crippen LogP contribution in [0.25, 0.3) is 0 Å². The van der Waals surface area contributed by atoms with Crippen LogP contribution in [0.15, 0.2) is 63.3 Å². The van der Waals surface area contributed by atoms with E-state index in [-0.39, 0.29) is 11.5 Å². The van der Waals surface area contributed by atoms with E-state index in [4.69, 9.17) is 37.9 Å². The Kier molecular flexibility index (Phi) is 22.6. The molecule has 1 rings (SSSR count). The normalized spacial score (nSPS) is 17.1. The molecule has 330 valence electrons. The zero-order valence-electron chi connectivity index (χ0n) is 34.9. The molecule has 17 heteroatoms. The number of unbranched alkanes of at least 4 members (excludes halogenated alkanes) is 3. The lowest BCUT2D eigenvalue weighted by molar-refractivity contribution is -0.166. The van der Waals surface area contributed by atoms with Crippen LogP contribution in [0, 0.1) is 16.2 Å². The fraction of sp³-hybridized carbons (Fsp3) is 0.595. The Hall–Kier alpha value is -5.45. The Morgan fingerprint density at radius 1 is 0.559 bits per heavy atom. The first kappa shape index (κ1) is 51.6. The van der Waals surface area contributed by atoms with Gasteiger partial charge in [-0.15, -0.1) is 0 Å². The molecule has 0 bridgehead atoms. The molecule has 0 aliphatic heterocycles. The molecule has 17 nitrogen and oxygen atoms in total. The van der Waals surface area contributed by atoms with E-state index in [1.165, 1.54) is 0 Å². The fourth-order valence-corrected chi connectivity index (χ4v) is 6.48. The molecule has 0 saturated heterocycles. The highest BCUT2D eigenvalue weighted by atomic mass is 16.6. The molecule has 0 radical (unpaired) electrons. The summed E-state index contributed by atoms with van der Waals surface area (Å²) in [7, 11) is 0. The second-order valence-electron chi connectivity index (χ2n) is 15.6. The second-order valence-corrected chi connectivity index (χ2v) is 15.6. The highest BCUT2D eigenvalue weighted by molar-refractivity contribution is 5.83. The Bertz CT molecular complexity index is 1420. The molecular weight excluding hydrogens is 772 g/mol. The van der Waals surface area contributed by atoms with Crippen LogP contribution in [0.5, 0.6) is 0 Å². The molecular formula is C42H62N2O15. The minimum atomic E-state index is -1.61. The highest BCUT2D eigenvalue weighted by Gasteiger charge is 2.44. The number of hydrogen-bond donors (Lipinski definition) is 2. The SMILES string of the molecule is C=CC(=O)OCC(COCC(COC(=O)C=C)(COC(=O)C=C)COC(=O)NC1(C)CC(NC(=O)OCCCCCC)CC(C)(C)C1)(COC(=O)C=C)COC(=O)C=C. The van der Waals surface area contributed by atoms with E-state index in [9.17, 15) is 33.6 Å². The van der Waals surface area contributed by atoms with Crippen LogP contribution < -0.4 is 10.6 Å². The van der Waals surface area contributed by atoms with Crippen molar-refractivity contribution in [1.29, 1.82) is 0 Å². The number of ether oxygens (including phenoxy) is 8. The number of hydrogen-bond acceptors (Lipinski definition) is 15. The molecule has 2 atom stereocenters. The summed E-state index contributed by atoms with van der Waals surface area (Å²) in [6.45, 7) is 21.0. The molecule has 0 aromatic heterocycles. The number of amides is 2. The maximum absolute atomic E-state index is 13.6. The molecule has 59 heavy (non-hydrogen) atoms. The van der Waals surface area contributed by atoms with Gasteiger partial charge in [0.1, 0.15) is 39.6 Å². The van der Waals surface area contributed by atoms with E-state index in [1.54, 1.807) is 0 Å². The average Bonchev–Trinajstić information content (AvgIpc) is 3.19. The van der Waals surface area contributed by atoms with Gasteiger partial charge in [0.15, 0.2) is 0 Å². The number of esters is 5. The molecule has 1 saturated carbocycles. The molecule has 1 fully saturated rings. The van der Waals surface area contributed by atoms with Crippen LogP contribution in [0.4, 0.5) is 9.59 Å². The van der Waals surface area contributed by atoms with Gasteiger partial charge in [-0.1, -0.05) is 72.9 Å². The highest BCUT2D eigenvalue weighted by Crippen LogP contribution is 2.41. The van der Waals surface area contributed by atoms with Gasteiger partial charge in [-0.3, -0.25) is 0 Å². The van der Waals surface area contributed by atoms with Gasteiger partial charge in [-0.25, -0.2) is 33.6 Å². The largest absolute Gasteiger partial charge is 0.462 e. The van der Waals surface area contributed by atoms with Crippen molar-refractivity contribution in [3.8, 4) is 0 Å². The van der Waals surface area contributed by atoms with Gasteiger partial charge in [0.2, 0.25) is 0 Å².